The lowest BCUT2D eigenvalue weighted by molar-refractivity contribution is 1.02. The molecule has 4 nitrogen and oxygen atoms in total. The highest BCUT2D eigenvalue weighted by molar-refractivity contribution is 9.10. The average molecular weight is 279 g/mol. The van der Waals surface area contributed by atoms with Crippen LogP contribution in [0.25, 0.3) is 11.4 Å². The molecule has 1 aromatic carbocycles. The second kappa shape index (κ2) is 4.59. The number of nitrogen functional groups attached to an aromatic ring is 1. The van der Waals surface area contributed by atoms with Gasteiger partial charge in [-0.05, 0) is 6.07 Å². The van der Waals surface area contributed by atoms with Crippen LogP contribution in [0.4, 0.5) is 5.82 Å². The molecular formula is C11H11BrN4. The summed E-state index contributed by atoms with van der Waals surface area (Å²) in [5.74, 6) is 1.03. The normalized spacial score (nSPS) is 10.4. The molecule has 2 aromatic rings. The van der Waals surface area contributed by atoms with Crippen LogP contribution in [0.5, 0.6) is 0 Å². The monoisotopic (exact) mass is 278 g/mol. The van der Waals surface area contributed by atoms with Gasteiger partial charge >= 0.3 is 0 Å². The van der Waals surface area contributed by atoms with Crippen molar-refractivity contribution >= 4 is 21.7 Å². The summed E-state index contributed by atoms with van der Waals surface area (Å²) in [5.41, 5.74) is 12.9. The van der Waals surface area contributed by atoms with E-state index in [9.17, 15) is 0 Å². The van der Waals surface area contributed by atoms with Crippen molar-refractivity contribution in [1.29, 1.82) is 0 Å². The Balaban J connectivity index is 2.50. The van der Waals surface area contributed by atoms with Gasteiger partial charge in [-0.1, -0.05) is 34.1 Å². The zero-order chi connectivity index (χ0) is 11.5. The van der Waals surface area contributed by atoms with E-state index >= 15 is 0 Å². The number of hydrogen-bond donors (Lipinski definition) is 2. The summed E-state index contributed by atoms with van der Waals surface area (Å²) < 4.78 is 0.940. The summed E-state index contributed by atoms with van der Waals surface area (Å²) in [5, 5.41) is 0. The standard InChI is InChI=1S/C11H11BrN4/c12-9-4-2-1-3-8(9)11-15-6-7(5-13)10(14)16-11/h1-4,6H,5,13H2,(H2,14,15,16). The fourth-order valence-electron chi connectivity index (χ4n) is 1.35. The van der Waals surface area contributed by atoms with Crippen molar-refractivity contribution in [3.8, 4) is 11.4 Å². The second-order valence-corrected chi connectivity index (χ2v) is 4.14. The Kier molecular flexibility index (Phi) is 3.17. The van der Waals surface area contributed by atoms with E-state index in [1.165, 1.54) is 0 Å². The van der Waals surface area contributed by atoms with E-state index in [2.05, 4.69) is 25.9 Å². The molecule has 1 aromatic heterocycles. The van der Waals surface area contributed by atoms with Crippen molar-refractivity contribution in [3.05, 3.63) is 40.5 Å². The molecule has 16 heavy (non-hydrogen) atoms. The molecule has 0 fully saturated rings. The Hall–Kier alpha value is -1.46. The van der Waals surface area contributed by atoms with Gasteiger partial charge in [-0.15, -0.1) is 0 Å². The summed E-state index contributed by atoms with van der Waals surface area (Å²) in [6, 6.07) is 7.73. The molecule has 82 valence electrons. The van der Waals surface area contributed by atoms with Gasteiger partial charge in [0.1, 0.15) is 5.82 Å². The van der Waals surface area contributed by atoms with Crippen molar-refractivity contribution in [1.82, 2.24) is 9.97 Å². The SMILES string of the molecule is NCc1cnc(-c2ccccc2Br)nc1N. The maximum atomic E-state index is 5.77. The highest BCUT2D eigenvalue weighted by atomic mass is 79.9. The van der Waals surface area contributed by atoms with E-state index in [1.54, 1.807) is 6.20 Å². The number of nitrogens with two attached hydrogens (primary N) is 2. The molecular weight excluding hydrogens is 268 g/mol. The zero-order valence-electron chi connectivity index (χ0n) is 8.52. The molecule has 0 atom stereocenters. The lowest BCUT2D eigenvalue weighted by Gasteiger charge is -2.06. The topological polar surface area (TPSA) is 77.8 Å². The lowest BCUT2D eigenvalue weighted by Crippen LogP contribution is -2.05. The number of nitrogens with zero attached hydrogens (tertiary/aromatic N) is 2. The second-order valence-electron chi connectivity index (χ2n) is 3.29. The Bertz CT molecular complexity index is 513. The van der Waals surface area contributed by atoms with Crippen LogP contribution in [0.2, 0.25) is 0 Å². The number of rotatable bonds is 2. The van der Waals surface area contributed by atoms with E-state index in [0.717, 1.165) is 15.6 Å². The number of anilines is 1. The van der Waals surface area contributed by atoms with Gasteiger partial charge in [-0.25, -0.2) is 9.97 Å². The van der Waals surface area contributed by atoms with Crippen molar-refractivity contribution < 1.29 is 0 Å². The summed E-state index contributed by atoms with van der Waals surface area (Å²) in [7, 11) is 0. The smallest absolute Gasteiger partial charge is 0.162 e. The Morgan fingerprint density at radius 1 is 1.25 bits per heavy atom. The summed E-state index contributed by atoms with van der Waals surface area (Å²) >= 11 is 3.45. The van der Waals surface area contributed by atoms with Gasteiger partial charge in [0.15, 0.2) is 5.82 Å². The molecule has 0 saturated heterocycles. The summed E-state index contributed by atoms with van der Waals surface area (Å²) in [4.78, 5) is 8.47. The summed E-state index contributed by atoms with van der Waals surface area (Å²) in [6.45, 7) is 0.349. The predicted octanol–water partition coefficient (Wildman–Crippen LogP) is 1.95. The van der Waals surface area contributed by atoms with Crippen LogP contribution < -0.4 is 11.5 Å². The Labute approximate surface area is 102 Å². The minimum absolute atomic E-state index is 0.349. The Morgan fingerprint density at radius 3 is 2.62 bits per heavy atom. The van der Waals surface area contributed by atoms with E-state index in [4.69, 9.17) is 11.5 Å². The third-order valence-corrected chi connectivity index (χ3v) is 2.92. The first-order chi connectivity index (χ1) is 7.72. The summed E-state index contributed by atoms with van der Waals surface area (Å²) in [6.07, 6.45) is 1.66. The van der Waals surface area contributed by atoms with Gasteiger partial charge in [-0.2, -0.15) is 0 Å². The fraction of sp³-hybridized carbons (Fsp3) is 0.0909. The number of halogens is 1. The molecule has 0 spiro atoms. The van der Waals surface area contributed by atoms with Gasteiger partial charge in [0, 0.05) is 28.3 Å². The molecule has 0 unspecified atom stereocenters. The van der Waals surface area contributed by atoms with Crippen molar-refractivity contribution in [2.45, 2.75) is 6.54 Å². The molecule has 0 bridgehead atoms. The van der Waals surface area contributed by atoms with Crippen LogP contribution in [-0.2, 0) is 6.54 Å². The number of aromatic nitrogens is 2. The molecule has 2 rings (SSSR count). The Morgan fingerprint density at radius 2 is 2.00 bits per heavy atom. The zero-order valence-corrected chi connectivity index (χ0v) is 10.1. The number of hydrogen-bond acceptors (Lipinski definition) is 4. The van der Waals surface area contributed by atoms with Gasteiger partial charge in [0.2, 0.25) is 0 Å². The van der Waals surface area contributed by atoms with Crippen molar-refractivity contribution in [2.24, 2.45) is 5.73 Å². The van der Waals surface area contributed by atoms with E-state index < -0.39 is 0 Å². The maximum Gasteiger partial charge on any atom is 0.162 e. The van der Waals surface area contributed by atoms with Crippen LogP contribution in [0.15, 0.2) is 34.9 Å². The van der Waals surface area contributed by atoms with Gasteiger partial charge in [-0.3, -0.25) is 0 Å². The van der Waals surface area contributed by atoms with Gasteiger partial charge < -0.3 is 11.5 Å². The van der Waals surface area contributed by atoms with Gasteiger partial charge in [0.25, 0.3) is 0 Å². The third-order valence-electron chi connectivity index (χ3n) is 2.23. The van der Waals surface area contributed by atoms with Crippen LogP contribution in [-0.4, -0.2) is 9.97 Å². The predicted molar refractivity (Wildman–Crippen MR) is 67.5 cm³/mol. The average Bonchev–Trinajstić information content (AvgIpc) is 2.29. The molecule has 0 amide bonds. The molecule has 0 aliphatic rings. The van der Waals surface area contributed by atoms with E-state index in [-0.39, 0.29) is 0 Å². The van der Waals surface area contributed by atoms with Crippen LogP contribution in [0.3, 0.4) is 0 Å². The molecule has 0 radical (unpaired) electrons. The van der Waals surface area contributed by atoms with Crippen LogP contribution in [0.1, 0.15) is 5.56 Å². The van der Waals surface area contributed by atoms with Crippen molar-refractivity contribution in [2.75, 3.05) is 5.73 Å². The van der Waals surface area contributed by atoms with Gasteiger partial charge in [0.05, 0.1) is 0 Å². The van der Waals surface area contributed by atoms with Crippen LogP contribution in [0, 0.1) is 0 Å². The molecule has 0 aliphatic carbocycles. The third kappa shape index (κ3) is 2.05. The first-order valence-corrected chi connectivity index (χ1v) is 5.58. The largest absolute Gasteiger partial charge is 0.383 e. The molecule has 5 heteroatoms. The maximum absolute atomic E-state index is 5.77. The first kappa shape index (κ1) is 11.0. The van der Waals surface area contributed by atoms with Crippen molar-refractivity contribution in [3.63, 3.8) is 0 Å². The quantitative estimate of drug-likeness (QED) is 0.880. The fourth-order valence-corrected chi connectivity index (χ4v) is 1.81. The highest BCUT2D eigenvalue weighted by Crippen LogP contribution is 2.25. The number of benzene rings is 1. The molecule has 0 aliphatic heterocycles. The van der Waals surface area contributed by atoms with E-state index in [1.807, 2.05) is 24.3 Å². The minimum Gasteiger partial charge on any atom is -0.383 e. The molecule has 0 saturated carbocycles. The lowest BCUT2D eigenvalue weighted by atomic mass is 10.2. The molecule has 4 N–H and O–H groups in total. The molecule has 1 heterocycles. The highest BCUT2D eigenvalue weighted by Gasteiger charge is 2.07. The van der Waals surface area contributed by atoms with E-state index in [0.29, 0.717) is 18.2 Å². The van der Waals surface area contributed by atoms with Crippen LogP contribution >= 0.6 is 15.9 Å². The minimum atomic E-state index is 0.349. The first-order valence-electron chi connectivity index (χ1n) is 4.78.